The molecule has 1 aliphatic rings. The van der Waals surface area contributed by atoms with Crippen LogP contribution in [0.1, 0.15) is 45.4 Å². The van der Waals surface area contributed by atoms with Crippen molar-refractivity contribution in [1.82, 2.24) is 0 Å². The van der Waals surface area contributed by atoms with E-state index in [4.69, 9.17) is 4.55 Å². The second kappa shape index (κ2) is 6.29. The van der Waals surface area contributed by atoms with Gasteiger partial charge >= 0.3 is 11.9 Å². The Kier molecular flexibility index (Phi) is 5.25. The number of unbranched alkanes of at least 4 members (excludes halogenated alkanes) is 4. The molecule has 108 valence electrons. The van der Waals surface area contributed by atoms with E-state index in [2.05, 4.69) is 11.7 Å². The molecule has 0 radical (unpaired) electrons. The summed E-state index contributed by atoms with van der Waals surface area (Å²) in [6.07, 6.45) is 6.51. The minimum Gasteiger partial charge on any atom is -0.392 e. The maximum atomic E-state index is 11.5. The molecule has 1 N–H and O–H groups in total. The summed E-state index contributed by atoms with van der Waals surface area (Å²) in [5.74, 6) is -2.18. The Balaban J connectivity index is 2.76. The molecule has 0 amide bonds. The largest absolute Gasteiger partial charge is 0.392 e. The average molecular weight is 290 g/mol. The Morgan fingerprint density at radius 3 is 2.47 bits per heavy atom. The molecule has 1 atom stereocenters. The number of hydrogen-bond acceptors (Lipinski definition) is 5. The first-order valence-corrected chi connectivity index (χ1v) is 7.67. The van der Waals surface area contributed by atoms with E-state index < -0.39 is 33.2 Å². The van der Waals surface area contributed by atoms with Crippen LogP contribution < -0.4 is 0 Å². The van der Waals surface area contributed by atoms with Crippen molar-refractivity contribution in [2.45, 2.75) is 50.2 Å². The summed E-state index contributed by atoms with van der Waals surface area (Å²) >= 11 is 0. The van der Waals surface area contributed by atoms with Crippen LogP contribution in [0.15, 0.2) is 12.2 Å². The summed E-state index contributed by atoms with van der Waals surface area (Å²) in [6.45, 7) is 2.07. The molecule has 0 aliphatic carbocycles. The lowest BCUT2D eigenvalue weighted by Gasteiger charge is -2.15. The van der Waals surface area contributed by atoms with Gasteiger partial charge in [-0.1, -0.05) is 38.3 Å². The first-order valence-electron chi connectivity index (χ1n) is 6.23. The highest BCUT2D eigenvalue weighted by atomic mass is 32.2. The Morgan fingerprint density at radius 2 is 2.00 bits per heavy atom. The van der Waals surface area contributed by atoms with E-state index in [0.717, 1.165) is 31.8 Å². The van der Waals surface area contributed by atoms with E-state index in [1.54, 1.807) is 0 Å². The van der Waals surface area contributed by atoms with E-state index in [0.29, 0.717) is 6.42 Å². The second-order valence-electron chi connectivity index (χ2n) is 4.55. The molecule has 1 saturated heterocycles. The fraction of sp³-hybridized carbons (Fsp3) is 0.667. The number of carbonyl (C=O) groups is 2. The highest BCUT2D eigenvalue weighted by Gasteiger charge is 2.57. The van der Waals surface area contributed by atoms with E-state index in [1.165, 1.54) is 6.08 Å². The van der Waals surface area contributed by atoms with Crippen molar-refractivity contribution < 1.29 is 27.3 Å². The van der Waals surface area contributed by atoms with Gasteiger partial charge in [-0.05, 0) is 12.8 Å². The smallest absolute Gasteiger partial charge is 0.342 e. The van der Waals surface area contributed by atoms with Gasteiger partial charge in [0.15, 0.2) is 0 Å². The first kappa shape index (κ1) is 15.8. The number of hydrogen-bond donors (Lipinski definition) is 1. The Bertz CT molecular complexity index is 478. The van der Waals surface area contributed by atoms with Crippen LogP contribution in [0.25, 0.3) is 0 Å². The molecule has 19 heavy (non-hydrogen) atoms. The molecule has 0 bridgehead atoms. The average Bonchev–Trinajstić information content (AvgIpc) is 2.59. The van der Waals surface area contributed by atoms with Crippen LogP contribution in [0.4, 0.5) is 0 Å². The predicted molar refractivity (Wildman–Crippen MR) is 67.9 cm³/mol. The number of ether oxygens (including phenoxy) is 1. The quantitative estimate of drug-likeness (QED) is 0.251. The number of carbonyl (C=O) groups excluding carboxylic acids is 2. The van der Waals surface area contributed by atoms with Gasteiger partial charge in [-0.25, -0.2) is 4.79 Å². The van der Waals surface area contributed by atoms with Gasteiger partial charge < -0.3 is 4.74 Å². The van der Waals surface area contributed by atoms with E-state index in [1.807, 2.05) is 0 Å². The lowest BCUT2D eigenvalue weighted by Crippen LogP contribution is -2.40. The maximum Gasteiger partial charge on any atom is 0.342 e. The second-order valence-corrected chi connectivity index (χ2v) is 6.23. The number of allylic oxidation sites excluding steroid dienone is 1. The van der Waals surface area contributed by atoms with Gasteiger partial charge in [-0.3, -0.25) is 9.35 Å². The summed E-state index contributed by atoms with van der Waals surface area (Å²) in [5.41, 5.74) is 0. The van der Waals surface area contributed by atoms with Crippen LogP contribution in [0.5, 0.6) is 0 Å². The van der Waals surface area contributed by atoms with Crippen molar-refractivity contribution in [3.63, 3.8) is 0 Å². The third kappa shape index (κ3) is 3.63. The molecule has 1 aliphatic heterocycles. The third-order valence-corrected chi connectivity index (χ3v) is 4.40. The monoisotopic (exact) mass is 290 g/mol. The zero-order valence-corrected chi connectivity index (χ0v) is 11.6. The Morgan fingerprint density at radius 1 is 1.32 bits per heavy atom. The molecular formula is C12H18O6S. The highest BCUT2D eigenvalue weighted by molar-refractivity contribution is 7.88. The van der Waals surface area contributed by atoms with Gasteiger partial charge in [0, 0.05) is 0 Å². The van der Waals surface area contributed by atoms with Crippen LogP contribution in [-0.2, 0) is 24.4 Å². The van der Waals surface area contributed by atoms with Crippen molar-refractivity contribution in [2.75, 3.05) is 0 Å². The molecule has 0 saturated carbocycles. The normalized spacial score (nSPS) is 24.1. The molecule has 7 heteroatoms. The van der Waals surface area contributed by atoms with Crippen LogP contribution in [0, 0.1) is 0 Å². The molecule has 1 unspecified atom stereocenters. The lowest BCUT2D eigenvalue weighted by atomic mass is 10.0. The SMILES string of the molecule is CCCCCCC=CC1(S(=O)(=O)O)CC(=O)OC1=O. The van der Waals surface area contributed by atoms with Gasteiger partial charge in [0.05, 0.1) is 6.42 Å². The molecule has 0 aromatic carbocycles. The molecule has 0 aromatic rings. The van der Waals surface area contributed by atoms with Crippen LogP contribution in [0.3, 0.4) is 0 Å². The summed E-state index contributed by atoms with van der Waals surface area (Å²) in [5, 5.41) is 0. The molecule has 6 nitrogen and oxygen atoms in total. The maximum absolute atomic E-state index is 11.5. The lowest BCUT2D eigenvalue weighted by molar-refractivity contribution is -0.152. The summed E-state index contributed by atoms with van der Waals surface area (Å²) in [7, 11) is -4.73. The van der Waals surface area contributed by atoms with Gasteiger partial charge in [0.1, 0.15) is 0 Å². The summed E-state index contributed by atoms with van der Waals surface area (Å²) in [6, 6.07) is 0. The summed E-state index contributed by atoms with van der Waals surface area (Å²) < 4.78 is 33.8. The molecule has 0 spiro atoms. The fourth-order valence-corrected chi connectivity index (χ4v) is 2.71. The fourth-order valence-electron chi connectivity index (χ4n) is 1.88. The number of esters is 2. The van der Waals surface area contributed by atoms with Gasteiger partial charge in [-0.2, -0.15) is 8.42 Å². The Hall–Kier alpha value is -1.21. The van der Waals surface area contributed by atoms with Crippen molar-refractivity contribution in [1.29, 1.82) is 0 Å². The molecular weight excluding hydrogens is 272 g/mol. The van der Waals surface area contributed by atoms with Crippen LogP contribution in [0.2, 0.25) is 0 Å². The predicted octanol–water partition coefficient (Wildman–Crippen LogP) is 1.61. The number of cyclic esters (lactones) is 2. The van der Waals surface area contributed by atoms with Crippen molar-refractivity contribution in [3.8, 4) is 0 Å². The third-order valence-electron chi connectivity index (χ3n) is 3.03. The van der Waals surface area contributed by atoms with Crippen molar-refractivity contribution in [3.05, 3.63) is 12.2 Å². The van der Waals surface area contributed by atoms with Gasteiger partial charge in [0.2, 0.25) is 4.75 Å². The zero-order chi connectivity index (χ0) is 14.5. The van der Waals surface area contributed by atoms with Gasteiger partial charge in [0.25, 0.3) is 10.1 Å². The van der Waals surface area contributed by atoms with Gasteiger partial charge in [-0.15, -0.1) is 0 Å². The minimum atomic E-state index is -4.73. The molecule has 1 heterocycles. The highest BCUT2D eigenvalue weighted by Crippen LogP contribution is 2.31. The van der Waals surface area contributed by atoms with Crippen LogP contribution in [-0.4, -0.2) is 29.7 Å². The molecule has 1 fully saturated rings. The summed E-state index contributed by atoms with van der Waals surface area (Å²) in [4.78, 5) is 22.5. The van der Waals surface area contributed by atoms with Crippen molar-refractivity contribution in [2.24, 2.45) is 0 Å². The Labute approximate surface area is 112 Å². The molecule has 0 aromatic heterocycles. The van der Waals surface area contributed by atoms with E-state index in [9.17, 15) is 18.0 Å². The molecule has 1 rings (SSSR count). The van der Waals surface area contributed by atoms with E-state index >= 15 is 0 Å². The standard InChI is InChI=1S/C12H18O6S/c1-2-3-4-5-6-7-8-12(19(15,16)17)9-10(13)18-11(12)14/h7-8H,2-6,9H2,1H3,(H,15,16,17). The van der Waals surface area contributed by atoms with Crippen molar-refractivity contribution >= 4 is 22.1 Å². The van der Waals surface area contributed by atoms with E-state index in [-0.39, 0.29) is 0 Å². The number of rotatable bonds is 7. The van der Waals surface area contributed by atoms with Crippen LogP contribution >= 0.6 is 0 Å². The topological polar surface area (TPSA) is 97.7 Å². The minimum absolute atomic E-state index is 0.582. The first-order chi connectivity index (χ1) is 8.83. The zero-order valence-electron chi connectivity index (χ0n) is 10.8.